The summed E-state index contributed by atoms with van der Waals surface area (Å²) in [6, 6.07) is -0.372. The van der Waals surface area contributed by atoms with E-state index in [0.29, 0.717) is 26.4 Å². The van der Waals surface area contributed by atoms with Crippen molar-refractivity contribution in [2.75, 3.05) is 40.0 Å². The number of unbranched alkanes of at least 4 members (excludes halogenated alkanes) is 1. The van der Waals surface area contributed by atoms with Crippen LogP contribution in [0.1, 0.15) is 19.3 Å². The first-order valence-corrected chi connectivity index (χ1v) is 6.57. The summed E-state index contributed by atoms with van der Waals surface area (Å²) in [4.78, 5) is 21.6. The highest BCUT2D eigenvalue weighted by Crippen LogP contribution is 1.90. The Kier molecular flexibility index (Phi) is 11.8. The van der Waals surface area contributed by atoms with Crippen molar-refractivity contribution in [3.63, 3.8) is 0 Å². The van der Waals surface area contributed by atoms with Gasteiger partial charge in [-0.2, -0.15) is 0 Å². The molecule has 118 valence electrons. The van der Waals surface area contributed by atoms with Gasteiger partial charge in [-0.1, -0.05) is 0 Å². The number of ether oxygens (including phenoxy) is 2. The third-order valence-electron chi connectivity index (χ3n) is 2.42. The van der Waals surface area contributed by atoms with Crippen molar-refractivity contribution in [2.45, 2.75) is 25.4 Å². The molecule has 0 fully saturated rings. The minimum absolute atomic E-state index is 0.0178. The van der Waals surface area contributed by atoms with Crippen LogP contribution in [0.2, 0.25) is 0 Å². The number of amides is 2. The lowest BCUT2D eigenvalue weighted by Crippen LogP contribution is -2.38. The van der Waals surface area contributed by atoms with Gasteiger partial charge in [0.2, 0.25) is 0 Å². The minimum Gasteiger partial charge on any atom is -0.479 e. The van der Waals surface area contributed by atoms with Gasteiger partial charge >= 0.3 is 12.0 Å². The molecule has 2 amide bonds. The van der Waals surface area contributed by atoms with E-state index in [1.165, 1.54) is 0 Å². The van der Waals surface area contributed by atoms with Crippen LogP contribution in [-0.2, 0) is 14.3 Å². The van der Waals surface area contributed by atoms with Crippen LogP contribution in [0.25, 0.3) is 0 Å². The molecule has 0 heterocycles. The van der Waals surface area contributed by atoms with Gasteiger partial charge in [-0.25, -0.2) is 9.59 Å². The van der Waals surface area contributed by atoms with Crippen LogP contribution in [0.5, 0.6) is 0 Å². The summed E-state index contributed by atoms with van der Waals surface area (Å²) in [5, 5.41) is 22.5. The standard InChI is InChI=1S/C12H24N2O6/c1-19-8-9-20-7-3-2-5-13-12(18)14-6-4-10(15)11(16)17/h10,15H,2-9H2,1H3,(H,16,17)(H2,13,14,18)/t10-/m0/s1. The lowest BCUT2D eigenvalue weighted by atomic mass is 10.2. The van der Waals surface area contributed by atoms with E-state index in [2.05, 4.69) is 10.6 Å². The van der Waals surface area contributed by atoms with Gasteiger partial charge < -0.3 is 30.3 Å². The fourth-order valence-electron chi connectivity index (χ4n) is 1.28. The average Bonchev–Trinajstić information content (AvgIpc) is 2.41. The molecule has 0 rings (SSSR count). The molecule has 1 atom stereocenters. The molecule has 0 aromatic rings. The van der Waals surface area contributed by atoms with Gasteiger partial charge in [0.1, 0.15) is 0 Å². The first kappa shape index (κ1) is 18.6. The zero-order valence-electron chi connectivity index (χ0n) is 11.8. The molecule has 0 spiro atoms. The summed E-state index contributed by atoms with van der Waals surface area (Å²) in [5.41, 5.74) is 0. The number of aliphatic carboxylic acids is 1. The molecule has 0 aromatic carbocycles. The second-order valence-electron chi connectivity index (χ2n) is 4.14. The zero-order chi connectivity index (χ0) is 15.2. The maximum absolute atomic E-state index is 11.3. The van der Waals surface area contributed by atoms with Crippen molar-refractivity contribution in [1.82, 2.24) is 10.6 Å². The number of urea groups is 1. The second-order valence-corrected chi connectivity index (χ2v) is 4.14. The topological polar surface area (TPSA) is 117 Å². The van der Waals surface area contributed by atoms with Crippen LogP contribution in [0.3, 0.4) is 0 Å². The maximum Gasteiger partial charge on any atom is 0.332 e. The predicted molar refractivity (Wildman–Crippen MR) is 71.6 cm³/mol. The number of aliphatic hydroxyl groups excluding tert-OH is 1. The van der Waals surface area contributed by atoms with Crippen molar-refractivity contribution in [3.8, 4) is 0 Å². The largest absolute Gasteiger partial charge is 0.479 e. The normalized spacial score (nSPS) is 11.9. The third kappa shape index (κ3) is 11.7. The van der Waals surface area contributed by atoms with Crippen LogP contribution in [0.4, 0.5) is 4.79 Å². The molecule has 0 saturated heterocycles. The molecule has 4 N–H and O–H groups in total. The number of carbonyl (C=O) groups excluding carboxylic acids is 1. The Morgan fingerprint density at radius 2 is 1.80 bits per heavy atom. The molecule has 8 nitrogen and oxygen atoms in total. The molecule has 0 aliphatic heterocycles. The van der Waals surface area contributed by atoms with Crippen molar-refractivity contribution >= 4 is 12.0 Å². The van der Waals surface area contributed by atoms with Crippen LogP contribution < -0.4 is 10.6 Å². The SMILES string of the molecule is COCCOCCCCNC(=O)NCC[C@H](O)C(=O)O. The van der Waals surface area contributed by atoms with Gasteiger partial charge in [0, 0.05) is 33.2 Å². The number of carboxylic acid groups (broad SMARTS) is 1. The molecule has 0 radical (unpaired) electrons. The Morgan fingerprint density at radius 1 is 1.10 bits per heavy atom. The monoisotopic (exact) mass is 292 g/mol. The van der Waals surface area contributed by atoms with E-state index in [4.69, 9.17) is 19.7 Å². The summed E-state index contributed by atoms with van der Waals surface area (Å²) in [6.45, 7) is 2.39. The molecule has 0 aliphatic rings. The molecular formula is C12H24N2O6. The average molecular weight is 292 g/mol. The third-order valence-corrected chi connectivity index (χ3v) is 2.42. The van der Waals surface area contributed by atoms with E-state index < -0.39 is 12.1 Å². The lowest BCUT2D eigenvalue weighted by molar-refractivity contribution is -0.146. The highest BCUT2D eigenvalue weighted by atomic mass is 16.5. The van der Waals surface area contributed by atoms with Crippen molar-refractivity contribution < 1.29 is 29.3 Å². The summed E-state index contributed by atoms with van der Waals surface area (Å²) in [7, 11) is 1.61. The highest BCUT2D eigenvalue weighted by Gasteiger charge is 2.12. The molecule has 0 bridgehead atoms. The first-order chi connectivity index (χ1) is 9.57. The smallest absolute Gasteiger partial charge is 0.332 e. The fourth-order valence-corrected chi connectivity index (χ4v) is 1.28. The van der Waals surface area contributed by atoms with Crippen LogP contribution in [-0.4, -0.2) is 68.3 Å². The Morgan fingerprint density at radius 3 is 2.45 bits per heavy atom. The Labute approximate surface area is 118 Å². The van der Waals surface area contributed by atoms with Crippen molar-refractivity contribution in [2.24, 2.45) is 0 Å². The van der Waals surface area contributed by atoms with Crippen molar-refractivity contribution in [3.05, 3.63) is 0 Å². The molecule has 0 aliphatic carbocycles. The molecule has 0 aromatic heterocycles. The number of nitrogens with one attached hydrogen (secondary N) is 2. The summed E-state index contributed by atoms with van der Waals surface area (Å²) < 4.78 is 10.1. The van der Waals surface area contributed by atoms with Gasteiger partial charge in [0.05, 0.1) is 13.2 Å². The van der Waals surface area contributed by atoms with Gasteiger partial charge in [-0.05, 0) is 12.8 Å². The molecule has 0 saturated carbocycles. The fraction of sp³-hybridized carbons (Fsp3) is 0.833. The maximum atomic E-state index is 11.3. The van der Waals surface area contributed by atoms with E-state index in [0.717, 1.165) is 12.8 Å². The molecule has 8 heteroatoms. The number of rotatable bonds is 12. The molecular weight excluding hydrogens is 268 g/mol. The summed E-state index contributed by atoms with van der Waals surface area (Å²) in [6.07, 6.45) is 0.162. The molecule has 0 unspecified atom stereocenters. The minimum atomic E-state index is -1.44. The number of methoxy groups -OCH3 is 1. The summed E-state index contributed by atoms with van der Waals surface area (Å²) in [5.74, 6) is -1.29. The van der Waals surface area contributed by atoms with E-state index >= 15 is 0 Å². The van der Waals surface area contributed by atoms with Gasteiger partial charge in [-0.3, -0.25) is 0 Å². The van der Waals surface area contributed by atoms with Crippen LogP contribution >= 0.6 is 0 Å². The number of carbonyl (C=O) groups is 2. The second kappa shape index (κ2) is 12.6. The zero-order valence-corrected chi connectivity index (χ0v) is 11.8. The van der Waals surface area contributed by atoms with E-state index in [1.807, 2.05) is 0 Å². The highest BCUT2D eigenvalue weighted by molar-refractivity contribution is 5.74. The van der Waals surface area contributed by atoms with Crippen molar-refractivity contribution in [1.29, 1.82) is 0 Å². The predicted octanol–water partition coefficient (Wildman–Crippen LogP) is -0.436. The summed E-state index contributed by atoms with van der Waals surface area (Å²) >= 11 is 0. The number of aliphatic hydroxyl groups is 1. The van der Waals surface area contributed by atoms with Gasteiger partial charge in [0.25, 0.3) is 0 Å². The quantitative estimate of drug-likeness (QED) is 0.362. The van der Waals surface area contributed by atoms with E-state index in [-0.39, 0.29) is 19.0 Å². The lowest BCUT2D eigenvalue weighted by Gasteiger charge is -2.09. The molecule has 20 heavy (non-hydrogen) atoms. The van der Waals surface area contributed by atoms with Crippen LogP contribution in [0, 0.1) is 0 Å². The number of carboxylic acids is 1. The van der Waals surface area contributed by atoms with Crippen LogP contribution in [0.15, 0.2) is 0 Å². The number of hydrogen-bond donors (Lipinski definition) is 4. The number of hydrogen-bond acceptors (Lipinski definition) is 5. The first-order valence-electron chi connectivity index (χ1n) is 6.57. The Bertz CT molecular complexity index is 275. The van der Waals surface area contributed by atoms with E-state index in [1.54, 1.807) is 7.11 Å². The Hall–Kier alpha value is -1.38. The van der Waals surface area contributed by atoms with Gasteiger partial charge in [-0.15, -0.1) is 0 Å². The van der Waals surface area contributed by atoms with E-state index in [9.17, 15) is 9.59 Å². The van der Waals surface area contributed by atoms with Gasteiger partial charge in [0.15, 0.2) is 6.10 Å². The Balaban J connectivity index is 3.30.